The van der Waals surface area contributed by atoms with E-state index >= 15 is 0 Å². The molecule has 4 rings (SSSR count). The number of fused-ring (bicyclic) bond motifs is 1. The summed E-state index contributed by atoms with van der Waals surface area (Å²) in [6.07, 6.45) is -1.08. The van der Waals surface area contributed by atoms with Crippen molar-refractivity contribution in [2.45, 2.75) is 32.3 Å². The summed E-state index contributed by atoms with van der Waals surface area (Å²) in [4.78, 5) is 4.38. The van der Waals surface area contributed by atoms with Crippen LogP contribution in [0.4, 0.5) is 20.2 Å². The molecule has 0 saturated heterocycles. The van der Waals surface area contributed by atoms with E-state index in [4.69, 9.17) is 0 Å². The van der Waals surface area contributed by atoms with Gasteiger partial charge in [0, 0.05) is 19.6 Å². The fourth-order valence-corrected chi connectivity index (χ4v) is 4.36. The first-order valence-corrected chi connectivity index (χ1v) is 10.6. The highest BCUT2D eigenvalue weighted by Gasteiger charge is 2.33. The average molecular weight is 423 g/mol. The molecule has 0 fully saturated rings. The summed E-state index contributed by atoms with van der Waals surface area (Å²) in [5.41, 5.74) is 6.05. The molecule has 2 atom stereocenters. The molecular formula is C26H28F2N2O. The highest BCUT2D eigenvalue weighted by atomic mass is 19.1. The van der Waals surface area contributed by atoms with Gasteiger partial charge in [-0.25, -0.2) is 8.78 Å². The molecule has 0 aromatic heterocycles. The molecule has 0 bridgehead atoms. The molecule has 162 valence electrons. The quantitative estimate of drug-likeness (QED) is 0.555. The molecule has 1 heterocycles. The number of nitrogens with zero attached hydrogens (tertiary/aromatic N) is 2. The van der Waals surface area contributed by atoms with Crippen LogP contribution in [0.5, 0.6) is 0 Å². The summed E-state index contributed by atoms with van der Waals surface area (Å²) in [5, 5.41) is 10.1. The number of benzene rings is 3. The Morgan fingerprint density at radius 2 is 1.71 bits per heavy atom. The van der Waals surface area contributed by atoms with Gasteiger partial charge in [-0.15, -0.1) is 0 Å². The third kappa shape index (κ3) is 4.57. The van der Waals surface area contributed by atoms with E-state index in [-0.39, 0.29) is 12.6 Å². The third-order valence-corrected chi connectivity index (χ3v) is 6.00. The number of rotatable bonds is 7. The van der Waals surface area contributed by atoms with Gasteiger partial charge >= 0.3 is 0 Å². The summed E-state index contributed by atoms with van der Waals surface area (Å²) in [5.74, 6) is 0. The Morgan fingerprint density at radius 3 is 2.45 bits per heavy atom. The summed E-state index contributed by atoms with van der Waals surface area (Å²) in [7, 11) is 0. The fraction of sp³-hybridized carbons (Fsp3) is 0.308. The third-order valence-electron chi connectivity index (χ3n) is 6.00. The van der Waals surface area contributed by atoms with E-state index in [9.17, 15) is 13.9 Å². The van der Waals surface area contributed by atoms with Gasteiger partial charge in [0.1, 0.15) is 13.3 Å². The van der Waals surface area contributed by atoms with Crippen LogP contribution < -0.4 is 9.80 Å². The van der Waals surface area contributed by atoms with Crippen LogP contribution in [0, 0.1) is 6.92 Å². The van der Waals surface area contributed by atoms with Gasteiger partial charge in [0.2, 0.25) is 0 Å². The second kappa shape index (κ2) is 9.48. The molecular weight excluding hydrogens is 394 g/mol. The predicted molar refractivity (Wildman–Crippen MR) is 122 cm³/mol. The van der Waals surface area contributed by atoms with Crippen molar-refractivity contribution in [3.63, 3.8) is 0 Å². The van der Waals surface area contributed by atoms with Crippen LogP contribution in [0.2, 0.25) is 0 Å². The van der Waals surface area contributed by atoms with Crippen molar-refractivity contribution in [1.82, 2.24) is 0 Å². The molecule has 1 aliphatic rings. The van der Waals surface area contributed by atoms with Crippen molar-refractivity contribution >= 4 is 11.4 Å². The zero-order valence-corrected chi connectivity index (χ0v) is 17.7. The topological polar surface area (TPSA) is 26.7 Å². The van der Waals surface area contributed by atoms with E-state index in [0.717, 1.165) is 23.5 Å². The minimum absolute atomic E-state index is 0.133. The van der Waals surface area contributed by atoms with E-state index in [1.54, 1.807) is 6.07 Å². The summed E-state index contributed by atoms with van der Waals surface area (Å²) >= 11 is 0. The van der Waals surface area contributed by atoms with Gasteiger partial charge in [0.05, 0.1) is 23.5 Å². The Kier molecular flexibility index (Phi) is 6.52. The van der Waals surface area contributed by atoms with Crippen molar-refractivity contribution in [2.24, 2.45) is 0 Å². The number of para-hydroxylation sites is 2. The second-order valence-electron chi connectivity index (χ2n) is 8.15. The van der Waals surface area contributed by atoms with Crippen LogP contribution >= 0.6 is 0 Å². The maximum Gasteiger partial charge on any atom is 0.117 e. The number of β-amino-alcohol motifs (C(OH)–C–C–N with tert-alkyl or cyclic N) is 1. The number of alkyl halides is 2. The standard InChI is InChI=1S/C26H28F2N2O/c1-19-7-2-3-9-22(19)16-29-18-26(21-10-6-8-20(13-21)14-27)30(17-23(31)15-28)25-12-5-4-11-24(25)29/h2-13,23,26,31H,14-18H2,1H3/t23-,26-/m0/s1. The lowest BCUT2D eigenvalue weighted by atomic mass is 9.96. The summed E-state index contributed by atoms with van der Waals surface area (Å²) in [6, 6.07) is 23.7. The Morgan fingerprint density at radius 1 is 0.968 bits per heavy atom. The van der Waals surface area contributed by atoms with Crippen LogP contribution in [0.15, 0.2) is 72.8 Å². The number of aryl methyl sites for hydroxylation is 1. The minimum Gasteiger partial charge on any atom is -0.389 e. The molecule has 0 amide bonds. The van der Waals surface area contributed by atoms with Crippen LogP contribution in [-0.4, -0.2) is 31.0 Å². The normalized spacial score (nSPS) is 16.8. The van der Waals surface area contributed by atoms with Crippen LogP contribution in [-0.2, 0) is 13.2 Å². The zero-order chi connectivity index (χ0) is 21.8. The molecule has 0 unspecified atom stereocenters. The van der Waals surface area contributed by atoms with E-state index in [0.29, 0.717) is 12.1 Å². The van der Waals surface area contributed by atoms with Crippen molar-refractivity contribution in [3.05, 3.63) is 95.1 Å². The van der Waals surface area contributed by atoms with E-state index < -0.39 is 19.5 Å². The van der Waals surface area contributed by atoms with Crippen LogP contribution in [0.1, 0.15) is 28.3 Å². The van der Waals surface area contributed by atoms with E-state index in [2.05, 4.69) is 34.9 Å². The molecule has 3 aromatic carbocycles. The molecule has 3 aromatic rings. The Bertz CT molecular complexity index is 1030. The van der Waals surface area contributed by atoms with E-state index in [1.807, 2.05) is 48.5 Å². The lowest BCUT2D eigenvalue weighted by molar-refractivity contribution is 0.142. The largest absolute Gasteiger partial charge is 0.389 e. The van der Waals surface area contributed by atoms with Crippen molar-refractivity contribution in [2.75, 3.05) is 29.6 Å². The van der Waals surface area contributed by atoms with Gasteiger partial charge in [-0.05, 0) is 41.3 Å². The van der Waals surface area contributed by atoms with Crippen molar-refractivity contribution < 1.29 is 13.9 Å². The first-order valence-electron chi connectivity index (χ1n) is 10.6. The Hall–Kier alpha value is -2.92. The van der Waals surface area contributed by atoms with Crippen LogP contribution in [0.3, 0.4) is 0 Å². The Balaban J connectivity index is 1.77. The summed E-state index contributed by atoms with van der Waals surface area (Å²) < 4.78 is 26.6. The van der Waals surface area contributed by atoms with E-state index in [1.165, 1.54) is 11.1 Å². The second-order valence-corrected chi connectivity index (χ2v) is 8.15. The van der Waals surface area contributed by atoms with Gasteiger partial charge in [-0.1, -0.05) is 60.7 Å². The van der Waals surface area contributed by atoms with Gasteiger partial charge in [-0.3, -0.25) is 0 Å². The zero-order valence-electron chi connectivity index (χ0n) is 17.7. The maximum atomic E-state index is 13.4. The molecule has 31 heavy (non-hydrogen) atoms. The molecule has 0 radical (unpaired) electrons. The monoisotopic (exact) mass is 422 g/mol. The number of aliphatic hydroxyl groups is 1. The maximum absolute atomic E-state index is 13.4. The van der Waals surface area contributed by atoms with Crippen LogP contribution in [0.25, 0.3) is 0 Å². The molecule has 0 spiro atoms. The molecule has 0 saturated carbocycles. The smallest absolute Gasteiger partial charge is 0.117 e. The number of halogens is 2. The Labute approximate surface area is 182 Å². The molecule has 5 heteroatoms. The highest BCUT2D eigenvalue weighted by molar-refractivity contribution is 5.75. The lowest BCUT2D eigenvalue weighted by Gasteiger charge is -2.45. The average Bonchev–Trinajstić information content (AvgIpc) is 2.81. The molecule has 0 aliphatic carbocycles. The van der Waals surface area contributed by atoms with Gasteiger partial charge < -0.3 is 14.9 Å². The molecule has 1 aliphatic heterocycles. The summed E-state index contributed by atoms with van der Waals surface area (Å²) in [6.45, 7) is 2.34. The molecule has 3 nitrogen and oxygen atoms in total. The first-order chi connectivity index (χ1) is 15.1. The molecule has 1 N–H and O–H groups in total. The van der Waals surface area contributed by atoms with Crippen molar-refractivity contribution in [3.8, 4) is 0 Å². The number of hydrogen-bond donors (Lipinski definition) is 1. The van der Waals surface area contributed by atoms with Crippen molar-refractivity contribution in [1.29, 1.82) is 0 Å². The number of aliphatic hydroxyl groups excluding tert-OH is 1. The van der Waals surface area contributed by atoms with Gasteiger partial charge in [0.25, 0.3) is 0 Å². The predicted octanol–water partition coefficient (Wildman–Crippen LogP) is 5.36. The van der Waals surface area contributed by atoms with Gasteiger partial charge in [-0.2, -0.15) is 0 Å². The minimum atomic E-state index is -1.08. The fourth-order valence-electron chi connectivity index (χ4n) is 4.36. The van der Waals surface area contributed by atoms with Gasteiger partial charge in [0.15, 0.2) is 0 Å². The lowest BCUT2D eigenvalue weighted by Crippen LogP contribution is -2.46. The SMILES string of the molecule is Cc1ccccc1CN1C[C@@H](c2cccc(CF)c2)N(C[C@@H](O)CF)c2ccccc21. The number of hydrogen-bond acceptors (Lipinski definition) is 3. The number of anilines is 2. The highest BCUT2D eigenvalue weighted by Crippen LogP contribution is 2.42. The first kappa shape index (κ1) is 21.3.